The van der Waals surface area contributed by atoms with Crippen LogP contribution in [0.1, 0.15) is 4.88 Å². The van der Waals surface area contributed by atoms with Crippen LogP contribution in [0, 0.1) is 5.82 Å². The van der Waals surface area contributed by atoms with Crippen molar-refractivity contribution in [2.24, 2.45) is 0 Å². The molecule has 7 heteroatoms. The van der Waals surface area contributed by atoms with E-state index in [1.165, 1.54) is 23.5 Å². The second-order valence-corrected chi connectivity index (χ2v) is 7.44. The monoisotopic (exact) mass is 305 g/mol. The minimum atomic E-state index is -3.58. The Hall–Kier alpha value is -1.11. The molecule has 1 aromatic carbocycles. The standard InChI is InChI=1S/C11H9ClFNO2S2/c12-11-4-1-7(17-11)6-18(15,16)8-2-3-10(14)9(13)5-8/h1-5H,6,14H2. The third-order valence-corrected chi connectivity index (χ3v) is 5.37. The Kier molecular flexibility index (Phi) is 3.61. The van der Waals surface area contributed by atoms with E-state index in [1.807, 2.05) is 0 Å². The smallest absolute Gasteiger partial charge is 0.183 e. The summed E-state index contributed by atoms with van der Waals surface area (Å²) < 4.78 is 37.8. The molecule has 1 heterocycles. The van der Waals surface area contributed by atoms with Gasteiger partial charge in [-0.1, -0.05) is 11.6 Å². The topological polar surface area (TPSA) is 60.2 Å². The van der Waals surface area contributed by atoms with Crippen LogP contribution in [0.2, 0.25) is 4.34 Å². The van der Waals surface area contributed by atoms with Gasteiger partial charge < -0.3 is 5.73 Å². The first-order chi connectivity index (χ1) is 8.38. The zero-order valence-corrected chi connectivity index (χ0v) is 11.4. The third-order valence-electron chi connectivity index (χ3n) is 2.29. The van der Waals surface area contributed by atoms with Crippen molar-refractivity contribution in [1.29, 1.82) is 0 Å². The van der Waals surface area contributed by atoms with Crippen LogP contribution in [0.4, 0.5) is 10.1 Å². The maximum atomic E-state index is 13.2. The van der Waals surface area contributed by atoms with Crippen LogP contribution >= 0.6 is 22.9 Å². The molecule has 2 N–H and O–H groups in total. The fourth-order valence-corrected chi connectivity index (χ4v) is 4.18. The van der Waals surface area contributed by atoms with Crippen molar-refractivity contribution in [3.63, 3.8) is 0 Å². The molecular weight excluding hydrogens is 297 g/mol. The SMILES string of the molecule is Nc1ccc(S(=O)(=O)Cc2ccc(Cl)s2)cc1F. The molecule has 0 saturated heterocycles. The van der Waals surface area contributed by atoms with Crippen LogP contribution in [0.25, 0.3) is 0 Å². The summed E-state index contributed by atoms with van der Waals surface area (Å²) in [5.41, 5.74) is 5.23. The molecule has 0 saturated carbocycles. The van der Waals surface area contributed by atoms with E-state index in [0.29, 0.717) is 9.21 Å². The van der Waals surface area contributed by atoms with Crippen LogP contribution in [0.5, 0.6) is 0 Å². The Morgan fingerprint density at radius 2 is 2.00 bits per heavy atom. The van der Waals surface area contributed by atoms with E-state index in [1.54, 1.807) is 12.1 Å². The Morgan fingerprint density at radius 3 is 2.56 bits per heavy atom. The van der Waals surface area contributed by atoms with Crippen LogP contribution in [0.15, 0.2) is 35.2 Å². The molecule has 0 bridgehead atoms. The number of halogens is 2. The molecule has 0 spiro atoms. The minimum Gasteiger partial charge on any atom is -0.396 e. The molecule has 0 aliphatic heterocycles. The normalized spacial score (nSPS) is 11.7. The number of sulfone groups is 1. The van der Waals surface area contributed by atoms with Gasteiger partial charge >= 0.3 is 0 Å². The Bertz CT molecular complexity index is 682. The maximum absolute atomic E-state index is 13.2. The number of benzene rings is 1. The van der Waals surface area contributed by atoms with E-state index in [-0.39, 0.29) is 16.3 Å². The van der Waals surface area contributed by atoms with E-state index in [4.69, 9.17) is 17.3 Å². The molecule has 0 radical (unpaired) electrons. The van der Waals surface area contributed by atoms with Crippen molar-refractivity contribution in [2.75, 3.05) is 5.73 Å². The summed E-state index contributed by atoms with van der Waals surface area (Å²) in [5, 5.41) is 0. The molecule has 0 aliphatic carbocycles. The molecule has 0 atom stereocenters. The summed E-state index contributed by atoms with van der Waals surface area (Å²) in [6, 6.07) is 6.73. The maximum Gasteiger partial charge on any atom is 0.183 e. The van der Waals surface area contributed by atoms with Crippen LogP contribution in [-0.4, -0.2) is 8.42 Å². The van der Waals surface area contributed by atoms with Gasteiger partial charge in [-0.3, -0.25) is 0 Å². The molecule has 2 rings (SSSR count). The summed E-state index contributed by atoms with van der Waals surface area (Å²) in [4.78, 5) is 0.524. The largest absolute Gasteiger partial charge is 0.396 e. The fraction of sp³-hybridized carbons (Fsp3) is 0.0909. The van der Waals surface area contributed by atoms with Gasteiger partial charge in [0.1, 0.15) is 5.82 Å². The van der Waals surface area contributed by atoms with Gasteiger partial charge in [0.25, 0.3) is 0 Å². The number of hydrogen-bond donors (Lipinski definition) is 1. The quantitative estimate of drug-likeness (QED) is 0.886. The van der Waals surface area contributed by atoms with Gasteiger partial charge in [0.2, 0.25) is 0 Å². The Labute approximate surface area is 113 Å². The highest BCUT2D eigenvalue weighted by atomic mass is 35.5. The van der Waals surface area contributed by atoms with Gasteiger partial charge in [0.05, 0.1) is 20.7 Å². The van der Waals surface area contributed by atoms with E-state index >= 15 is 0 Å². The Morgan fingerprint density at radius 1 is 1.28 bits per heavy atom. The second-order valence-electron chi connectivity index (χ2n) is 3.65. The van der Waals surface area contributed by atoms with Crippen molar-refractivity contribution in [1.82, 2.24) is 0 Å². The predicted octanol–water partition coefficient (Wildman–Crippen LogP) is 3.10. The lowest BCUT2D eigenvalue weighted by atomic mass is 10.3. The first-order valence-electron chi connectivity index (χ1n) is 4.90. The summed E-state index contributed by atoms with van der Waals surface area (Å²) in [5.74, 6) is -0.936. The summed E-state index contributed by atoms with van der Waals surface area (Å²) in [7, 11) is -3.58. The molecule has 0 aliphatic rings. The average Bonchev–Trinajstić information content (AvgIpc) is 2.67. The van der Waals surface area contributed by atoms with Gasteiger partial charge in [-0.15, -0.1) is 11.3 Å². The molecule has 96 valence electrons. The van der Waals surface area contributed by atoms with Crippen LogP contribution in [-0.2, 0) is 15.6 Å². The molecule has 3 nitrogen and oxygen atoms in total. The van der Waals surface area contributed by atoms with Gasteiger partial charge in [-0.05, 0) is 30.3 Å². The molecule has 1 aromatic heterocycles. The average molecular weight is 306 g/mol. The summed E-state index contributed by atoms with van der Waals surface area (Å²) in [6.45, 7) is 0. The van der Waals surface area contributed by atoms with E-state index in [0.717, 1.165) is 6.07 Å². The van der Waals surface area contributed by atoms with E-state index in [9.17, 15) is 12.8 Å². The van der Waals surface area contributed by atoms with Crippen molar-refractivity contribution in [2.45, 2.75) is 10.6 Å². The van der Waals surface area contributed by atoms with E-state index < -0.39 is 15.7 Å². The molecule has 0 fully saturated rings. The Balaban J connectivity index is 2.33. The first-order valence-corrected chi connectivity index (χ1v) is 7.75. The van der Waals surface area contributed by atoms with Crippen LogP contribution < -0.4 is 5.73 Å². The predicted molar refractivity (Wildman–Crippen MR) is 71.0 cm³/mol. The fourth-order valence-electron chi connectivity index (χ4n) is 1.40. The lowest BCUT2D eigenvalue weighted by Gasteiger charge is -2.04. The number of rotatable bonds is 3. The van der Waals surface area contributed by atoms with Crippen molar-refractivity contribution in [3.8, 4) is 0 Å². The van der Waals surface area contributed by atoms with Crippen molar-refractivity contribution >= 4 is 38.5 Å². The number of hydrogen-bond acceptors (Lipinski definition) is 4. The molecule has 2 aromatic rings. The number of thiophene rings is 1. The summed E-state index contributed by atoms with van der Waals surface area (Å²) >= 11 is 6.91. The van der Waals surface area contributed by atoms with Gasteiger partial charge in [0.15, 0.2) is 9.84 Å². The lowest BCUT2D eigenvalue weighted by Crippen LogP contribution is -2.05. The van der Waals surface area contributed by atoms with Crippen molar-refractivity contribution < 1.29 is 12.8 Å². The summed E-state index contributed by atoms with van der Waals surface area (Å²) in [6.07, 6.45) is 0. The van der Waals surface area contributed by atoms with E-state index in [2.05, 4.69) is 0 Å². The molecular formula is C11H9ClFNO2S2. The van der Waals surface area contributed by atoms with Gasteiger partial charge in [0, 0.05) is 4.88 Å². The highest BCUT2D eigenvalue weighted by Crippen LogP contribution is 2.26. The minimum absolute atomic E-state index is 0.0758. The molecule has 0 unspecified atom stereocenters. The zero-order chi connectivity index (χ0) is 13.3. The zero-order valence-electron chi connectivity index (χ0n) is 9.06. The van der Waals surface area contributed by atoms with Gasteiger partial charge in [-0.2, -0.15) is 0 Å². The van der Waals surface area contributed by atoms with Gasteiger partial charge in [-0.25, -0.2) is 12.8 Å². The number of nitrogen functional groups attached to an aromatic ring is 1. The van der Waals surface area contributed by atoms with Crippen LogP contribution in [0.3, 0.4) is 0 Å². The highest BCUT2D eigenvalue weighted by Gasteiger charge is 2.18. The highest BCUT2D eigenvalue weighted by molar-refractivity contribution is 7.90. The molecule has 0 amide bonds. The van der Waals surface area contributed by atoms with Crippen molar-refractivity contribution in [3.05, 3.63) is 45.4 Å². The number of nitrogens with two attached hydrogens (primary N) is 1. The first kappa shape index (κ1) is 13.3. The number of anilines is 1. The lowest BCUT2D eigenvalue weighted by molar-refractivity contribution is 0.591. The second kappa shape index (κ2) is 4.87. The third kappa shape index (κ3) is 2.82. The molecule has 18 heavy (non-hydrogen) atoms.